The molecule has 0 aromatic heterocycles. The average molecular weight is 250 g/mol. The summed E-state index contributed by atoms with van der Waals surface area (Å²) in [5.74, 6) is -0.127. The third-order valence-electron chi connectivity index (χ3n) is 2.71. The monoisotopic (exact) mass is 249 g/mol. The molecule has 0 radical (unpaired) electrons. The van der Waals surface area contributed by atoms with E-state index in [-0.39, 0.29) is 30.1 Å². The third-order valence-corrected chi connectivity index (χ3v) is 2.71. The number of likely N-dealkylation sites (tertiary alicyclic amines) is 1. The van der Waals surface area contributed by atoms with Gasteiger partial charge in [-0.05, 0) is 25.7 Å². The van der Waals surface area contributed by atoms with Gasteiger partial charge in [0.25, 0.3) is 0 Å². The summed E-state index contributed by atoms with van der Waals surface area (Å²) in [5.41, 5.74) is 10.7. The minimum absolute atomic E-state index is 0. The first-order chi connectivity index (χ1) is 7.00. The van der Waals surface area contributed by atoms with Crippen molar-refractivity contribution in [1.82, 2.24) is 4.90 Å². The molecule has 0 aromatic rings. The number of halogens is 1. The largest absolute Gasteiger partial charge is 0.370 e. The van der Waals surface area contributed by atoms with Gasteiger partial charge in [-0.3, -0.25) is 9.59 Å². The molecule has 2 atom stereocenters. The van der Waals surface area contributed by atoms with Crippen LogP contribution in [0, 0.1) is 5.92 Å². The summed E-state index contributed by atoms with van der Waals surface area (Å²) in [6, 6.07) is -0.461. The lowest BCUT2D eigenvalue weighted by Gasteiger charge is -2.33. The molecule has 1 saturated heterocycles. The van der Waals surface area contributed by atoms with Gasteiger partial charge < -0.3 is 16.4 Å². The van der Waals surface area contributed by atoms with Gasteiger partial charge in [0.15, 0.2) is 0 Å². The van der Waals surface area contributed by atoms with E-state index in [0.717, 1.165) is 19.4 Å². The highest BCUT2D eigenvalue weighted by atomic mass is 35.5. The summed E-state index contributed by atoms with van der Waals surface area (Å²) in [5, 5.41) is 0. The molecule has 1 heterocycles. The molecule has 1 rings (SSSR count). The highest BCUT2D eigenvalue weighted by Crippen LogP contribution is 2.19. The Hall–Kier alpha value is -0.810. The summed E-state index contributed by atoms with van der Waals surface area (Å²) in [6.07, 6.45) is 2.25. The van der Waals surface area contributed by atoms with Crippen LogP contribution in [0.15, 0.2) is 0 Å². The van der Waals surface area contributed by atoms with E-state index < -0.39 is 6.04 Å². The van der Waals surface area contributed by atoms with E-state index in [1.165, 1.54) is 0 Å². The molecule has 4 N–H and O–H groups in total. The van der Waals surface area contributed by atoms with Crippen molar-refractivity contribution in [1.29, 1.82) is 0 Å². The van der Waals surface area contributed by atoms with Gasteiger partial charge in [-0.25, -0.2) is 0 Å². The van der Waals surface area contributed by atoms with Crippen molar-refractivity contribution in [2.45, 2.75) is 32.2 Å². The van der Waals surface area contributed by atoms with E-state index in [1.807, 2.05) is 0 Å². The van der Waals surface area contributed by atoms with Gasteiger partial charge >= 0.3 is 0 Å². The van der Waals surface area contributed by atoms with E-state index in [2.05, 4.69) is 0 Å². The number of hydrogen-bond acceptors (Lipinski definition) is 3. The van der Waals surface area contributed by atoms with Crippen LogP contribution in [0.4, 0.5) is 0 Å². The van der Waals surface area contributed by atoms with Crippen LogP contribution in [0.2, 0.25) is 0 Å². The van der Waals surface area contributed by atoms with Gasteiger partial charge in [0.05, 0.1) is 6.04 Å². The van der Waals surface area contributed by atoms with Gasteiger partial charge in [-0.2, -0.15) is 0 Å². The molecule has 1 aliphatic heterocycles. The van der Waals surface area contributed by atoms with Gasteiger partial charge in [0.2, 0.25) is 11.8 Å². The zero-order chi connectivity index (χ0) is 11.4. The highest BCUT2D eigenvalue weighted by molar-refractivity contribution is 5.85. The lowest BCUT2D eigenvalue weighted by atomic mass is 9.94. The van der Waals surface area contributed by atoms with Crippen molar-refractivity contribution >= 4 is 24.2 Å². The van der Waals surface area contributed by atoms with E-state index in [0.29, 0.717) is 13.0 Å². The molecule has 94 valence electrons. The fourth-order valence-electron chi connectivity index (χ4n) is 2.00. The summed E-state index contributed by atoms with van der Waals surface area (Å²) >= 11 is 0. The first kappa shape index (κ1) is 15.2. The van der Waals surface area contributed by atoms with Gasteiger partial charge in [-0.1, -0.05) is 0 Å². The van der Waals surface area contributed by atoms with Gasteiger partial charge in [0, 0.05) is 19.5 Å². The van der Waals surface area contributed by atoms with Crippen molar-refractivity contribution in [3.8, 4) is 0 Å². The Morgan fingerprint density at radius 2 is 2.12 bits per heavy atom. The summed E-state index contributed by atoms with van der Waals surface area (Å²) in [7, 11) is 0. The Labute approximate surface area is 102 Å². The Morgan fingerprint density at radius 1 is 1.50 bits per heavy atom. The van der Waals surface area contributed by atoms with Crippen LogP contribution in [-0.4, -0.2) is 35.8 Å². The molecule has 5 nitrogen and oxygen atoms in total. The van der Waals surface area contributed by atoms with Crippen LogP contribution in [0.1, 0.15) is 26.2 Å². The Balaban J connectivity index is 0.00000225. The smallest absolute Gasteiger partial charge is 0.239 e. The van der Waals surface area contributed by atoms with E-state index in [9.17, 15) is 9.59 Å². The number of hydrogen-bond donors (Lipinski definition) is 2. The molecule has 0 bridgehead atoms. The topological polar surface area (TPSA) is 89.4 Å². The summed E-state index contributed by atoms with van der Waals surface area (Å²) in [6.45, 7) is 3.04. The number of rotatable bonds is 3. The van der Waals surface area contributed by atoms with Crippen LogP contribution >= 0.6 is 12.4 Å². The number of nitrogens with two attached hydrogens (primary N) is 2. The van der Waals surface area contributed by atoms with E-state index in [4.69, 9.17) is 11.5 Å². The van der Waals surface area contributed by atoms with Crippen molar-refractivity contribution < 1.29 is 9.59 Å². The molecule has 0 spiro atoms. The predicted molar refractivity (Wildman–Crippen MR) is 64.0 cm³/mol. The third kappa shape index (κ3) is 4.37. The first-order valence-electron chi connectivity index (χ1n) is 5.33. The lowest BCUT2D eigenvalue weighted by molar-refractivity contribution is -0.134. The number of primary amides is 1. The molecule has 16 heavy (non-hydrogen) atoms. The van der Waals surface area contributed by atoms with Crippen molar-refractivity contribution in [3.63, 3.8) is 0 Å². The minimum Gasteiger partial charge on any atom is -0.370 e. The molecular weight excluding hydrogens is 230 g/mol. The molecule has 1 fully saturated rings. The quantitative estimate of drug-likeness (QED) is 0.730. The summed E-state index contributed by atoms with van der Waals surface area (Å²) in [4.78, 5) is 24.1. The maximum atomic E-state index is 11.6. The second-order valence-corrected chi connectivity index (χ2v) is 4.25. The Morgan fingerprint density at radius 3 is 2.62 bits per heavy atom. The summed E-state index contributed by atoms with van der Waals surface area (Å²) < 4.78 is 0. The van der Waals surface area contributed by atoms with Crippen molar-refractivity contribution in [2.75, 3.05) is 13.1 Å². The Kier molecular flexibility index (Phi) is 6.36. The molecule has 0 aliphatic carbocycles. The maximum absolute atomic E-state index is 11.6. The van der Waals surface area contributed by atoms with Crippen LogP contribution in [0.5, 0.6) is 0 Å². The lowest BCUT2D eigenvalue weighted by Crippen LogP contribution is -2.47. The zero-order valence-corrected chi connectivity index (χ0v) is 10.3. The molecule has 0 saturated carbocycles. The van der Waals surface area contributed by atoms with Crippen LogP contribution in [-0.2, 0) is 9.59 Å². The fraction of sp³-hybridized carbons (Fsp3) is 0.800. The van der Waals surface area contributed by atoms with E-state index >= 15 is 0 Å². The second-order valence-electron chi connectivity index (χ2n) is 4.25. The predicted octanol–water partition coefficient (Wildman–Crippen LogP) is -0.131. The number of nitrogens with zero attached hydrogens (tertiary/aromatic N) is 1. The van der Waals surface area contributed by atoms with Crippen LogP contribution < -0.4 is 11.5 Å². The van der Waals surface area contributed by atoms with Gasteiger partial charge in [-0.15, -0.1) is 12.4 Å². The molecule has 1 aliphatic rings. The zero-order valence-electron chi connectivity index (χ0n) is 9.52. The van der Waals surface area contributed by atoms with Crippen LogP contribution in [0.3, 0.4) is 0 Å². The van der Waals surface area contributed by atoms with Crippen molar-refractivity contribution in [3.05, 3.63) is 0 Å². The molecule has 2 amide bonds. The second kappa shape index (κ2) is 6.70. The molecule has 0 aromatic carbocycles. The number of carbonyl (C=O) groups is 2. The maximum Gasteiger partial charge on any atom is 0.239 e. The standard InChI is InChI=1S/C10H19N3O2.ClH/c1-7(11)10(15)13-4-2-3-8(6-13)5-9(12)14;/h7-8H,2-6,11H2,1H3,(H2,12,14);1H/t7-,8?;/m1./s1. The minimum atomic E-state index is -0.461. The highest BCUT2D eigenvalue weighted by Gasteiger charge is 2.25. The number of piperidine rings is 1. The molecule has 1 unspecified atom stereocenters. The van der Waals surface area contributed by atoms with E-state index in [1.54, 1.807) is 11.8 Å². The average Bonchev–Trinajstić information content (AvgIpc) is 2.16. The molecule has 6 heteroatoms. The fourth-order valence-corrected chi connectivity index (χ4v) is 2.00. The van der Waals surface area contributed by atoms with Crippen LogP contribution in [0.25, 0.3) is 0 Å². The molecular formula is C10H20ClN3O2. The first-order valence-corrected chi connectivity index (χ1v) is 5.33. The van der Waals surface area contributed by atoms with Gasteiger partial charge in [0.1, 0.15) is 0 Å². The number of carbonyl (C=O) groups excluding carboxylic acids is 2. The normalized spacial score (nSPS) is 22.1. The van der Waals surface area contributed by atoms with Crippen molar-refractivity contribution in [2.24, 2.45) is 17.4 Å². The number of amides is 2. The Bertz CT molecular complexity index is 258. The SMILES string of the molecule is C[C@@H](N)C(=O)N1CCCC(CC(N)=O)C1.Cl.